The average Bonchev–Trinajstić information content (AvgIpc) is 4.20. The van der Waals surface area contributed by atoms with E-state index in [0.29, 0.717) is 52.9 Å². The molecular weight excluding hydrogens is 947 g/mol. The number of hydrogen-bond donors (Lipinski definition) is 4. The average molecular weight is 1010 g/mol. The molecule has 368 valence electrons. The van der Waals surface area contributed by atoms with Crippen LogP contribution in [-0.4, -0.2) is 83.3 Å². The number of thiophene rings is 2. The van der Waals surface area contributed by atoms with Crippen molar-refractivity contribution < 1.29 is 22.8 Å². The van der Waals surface area contributed by atoms with Gasteiger partial charge in [0.05, 0.1) is 28.0 Å². The van der Waals surface area contributed by atoms with Gasteiger partial charge >= 0.3 is 0 Å². The van der Waals surface area contributed by atoms with E-state index in [0.717, 1.165) is 121 Å². The Kier molecular flexibility index (Phi) is 13.0. The van der Waals surface area contributed by atoms with E-state index in [4.69, 9.17) is 0 Å². The summed E-state index contributed by atoms with van der Waals surface area (Å²) < 4.78 is 35.8. The van der Waals surface area contributed by atoms with E-state index >= 15 is 0 Å². The van der Waals surface area contributed by atoms with Gasteiger partial charge in [0, 0.05) is 88.7 Å². The second-order valence-electron chi connectivity index (χ2n) is 20.0. The zero-order chi connectivity index (χ0) is 48.1. The highest BCUT2D eigenvalue weighted by Gasteiger charge is 2.38. The van der Waals surface area contributed by atoms with Crippen molar-refractivity contribution in [1.29, 1.82) is 0 Å². The molecule has 1 amide bonds. The highest BCUT2D eigenvalue weighted by atomic mass is 32.2. The lowest BCUT2D eigenvalue weighted by molar-refractivity contribution is -0.120. The number of hydrogen-bond acceptors (Lipinski definition) is 15. The number of aromatic nitrogens is 9. The third-order valence-corrected chi connectivity index (χ3v) is 18.7. The maximum atomic E-state index is 13.6. The van der Waals surface area contributed by atoms with Gasteiger partial charge < -0.3 is 16.0 Å². The first-order chi connectivity index (χ1) is 33.9. The fourth-order valence-electron chi connectivity index (χ4n) is 9.80. The SMILES string of the molecule is Cc1cc(Nc2nncn2[C@H]2CCc3sc(CC(=O)C4CC4)c(S(=O)(=O)NCC4CC4)c3C2)n(C)n1.O=C(NCC1CC1)c1c(CC(=O)C2CC2)sc2c1C[C@@H](n1cnnc1Nc1cccnc1)CC2. The van der Waals surface area contributed by atoms with Gasteiger partial charge in [-0.3, -0.25) is 33.2 Å². The summed E-state index contributed by atoms with van der Waals surface area (Å²) in [7, 11) is -1.84. The molecule has 4 saturated carbocycles. The molecule has 12 rings (SSSR count). The fraction of sp³-hybridized carbons (Fsp3) is 0.531. The molecule has 0 bridgehead atoms. The maximum absolute atomic E-state index is 13.6. The standard InChI is InChI=1S/C25H28N6O2S.C24H31N7O3S2/c32-20(16-5-6-16)11-22-23(24(33)27-12-15-3-4-15)19-10-18(7-8-21(19)34-22)31-14-28-30-25(31)29-17-2-1-9-26-13-17;1-14-9-22(30(2)29-14)27-24-28-25-13-31(24)17-7-8-20-18(10-17)23(36(33,34)26-12-15-3-4-15)21(35-20)11-19(32)16-5-6-16/h1-2,9,13-16,18H,3-8,10-12H2,(H,27,33)(H,29,30);9,13,15-17,26H,3-8,10-12H2,1-2H3,(H,27,28)/t18-;17-/m00/s1. The Labute approximate surface area is 414 Å². The first-order valence-electron chi connectivity index (χ1n) is 24.8. The third-order valence-electron chi connectivity index (χ3n) is 14.4. The van der Waals surface area contributed by atoms with E-state index in [1.807, 2.05) is 36.7 Å². The summed E-state index contributed by atoms with van der Waals surface area (Å²) in [5, 5.41) is 31.0. The summed E-state index contributed by atoms with van der Waals surface area (Å²) in [6, 6.07) is 5.89. The van der Waals surface area contributed by atoms with Crippen LogP contribution in [0.2, 0.25) is 0 Å². The molecule has 6 aromatic heterocycles. The molecule has 6 heterocycles. The number of ketones is 2. The lowest BCUT2D eigenvalue weighted by atomic mass is 9.90. The van der Waals surface area contributed by atoms with Crippen LogP contribution in [0.15, 0.2) is 48.1 Å². The topological polar surface area (TPSA) is 226 Å². The van der Waals surface area contributed by atoms with Crippen molar-refractivity contribution in [2.24, 2.45) is 30.7 Å². The van der Waals surface area contributed by atoms with Gasteiger partial charge in [0.2, 0.25) is 21.9 Å². The van der Waals surface area contributed by atoms with Gasteiger partial charge in [0.15, 0.2) is 0 Å². The Morgan fingerprint density at radius 1 is 0.757 bits per heavy atom. The Morgan fingerprint density at radius 2 is 1.36 bits per heavy atom. The summed E-state index contributed by atoms with van der Waals surface area (Å²) in [5.41, 5.74) is 4.47. The fourth-order valence-corrected chi connectivity index (χ4v) is 14.4. The van der Waals surface area contributed by atoms with E-state index in [1.165, 1.54) is 29.1 Å². The quantitative estimate of drug-likeness (QED) is 0.0647. The van der Waals surface area contributed by atoms with Crippen molar-refractivity contribution in [3.8, 4) is 0 Å². The number of anilines is 4. The number of rotatable bonds is 19. The molecule has 0 aromatic carbocycles. The van der Waals surface area contributed by atoms with Crippen LogP contribution < -0.4 is 20.7 Å². The number of amides is 1. The monoisotopic (exact) mass is 1010 g/mol. The Balaban J connectivity index is 0.000000153. The molecule has 21 heteroatoms. The predicted octanol–water partition coefficient (Wildman–Crippen LogP) is 6.93. The zero-order valence-electron chi connectivity index (χ0n) is 39.5. The molecule has 6 aromatic rings. The molecular formula is C49H59N13O5S3. The summed E-state index contributed by atoms with van der Waals surface area (Å²) in [5.74, 6) is 3.86. The minimum Gasteiger partial charge on any atom is -0.352 e. The minimum atomic E-state index is -3.71. The molecule has 0 spiro atoms. The second kappa shape index (κ2) is 19.5. The molecule has 0 radical (unpaired) electrons. The van der Waals surface area contributed by atoms with Crippen LogP contribution in [0.5, 0.6) is 0 Å². The first-order valence-corrected chi connectivity index (χ1v) is 27.9. The van der Waals surface area contributed by atoms with Crippen LogP contribution in [-0.2, 0) is 65.2 Å². The summed E-state index contributed by atoms with van der Waals surface area (Å²) in [6.07, 6.45) is 20.6. The smallest absolute Gasteiger partial charge is 0.252 e. The van der Waals surface area contributed by atoms with Crippen molar-refractivity contribution in [1.82, 2.24) is 54.3 Å². The maximum Gasteiger partial charge on any atom is 0.252 e. The van der Waals surface area contributed by atoms with Gasteiger partial charge in [-0.15, -0.1) is 43.1 Å². The Morgan fingerprint density at radius 3 is 1.96 bits per heavy atom. The number of aryl methyl sites for hydroxylation is 4. The highest BCUT2D eigenvalue weighted by molar-refractivity contribution is 7.89. The van der Waals surface area contributed by atoms with Crippen LogP contribution in [0.25, 0.3) is 0 Å². The molecule has 0 aliphatic heterocycles. The van der Waals surface area contributed by atoms with Crippen LogP contribution in [0.1, 0.15) is 123 Å². The van der Waals surface area contributed by atoms with Gasteiger partial charge in [-0.2, -0.15) is 5.10 Å². The number of nitrogens with one attached hydrogen (secondary N) is 4. The molecule has 2 atom stereocenters. The first kappa shape index (κ1) is 46.7. The number of sulfonamides is 1. The third kappa shape index (κ3) is 10.5. The zero-order valence-corrected chi connectivity index (χ0v) is 42.0. The Hall–Kier alpha value is -5.64. The van der Waals surface area contributed by atoms with Gasteiger partial charge in [-0.1, -0.05) is 0 Å². The molecule has 18 nitrogen and oxygen atoms in total. The number of carbonyl (C=O) groups excluding carboxylic acids is 3. The number of nitrogens with zero attached hydrogens (tertiary/aromatic N) is 9. The van der Waals surface area contributed by atoms with E-state index in [9.17, 15) is 22.8 Å². The van der Waals surface area contributed by atoms with Crippen molar-refractivity contribution in [2.45, 2.75) is 127 Å². The van der Waals surface area contributed by atoms with Crippen molar-refractivity contribution in [3.05, 3.63) is 85.1 Å². The van der Waals surface area contributed by atoms with Crippen LogP contribution >= 0.6 is 22.7 Å². The van der Waals surface area contributed by atoms with Gasteiger partial charge in [0.25, 0.3) is 5.91 Å². The van der Waals surface area contributed by atoms with Crippen LogP contribution in [0.3, 0.4) is 0 Å². The second-order valence-corrected chi connectivity index (χ2v) is 24.1. The van der Waals surface area contributed by atoms with E-state index in [1.54, 1.807) is 41.1 Å². The predicted molar refractivity (Wildman–Crippen MR) is 265 cm³/mol. The molecule has 6 aliphatic rings. The highest BCUT2D eigenvalue weighted by Crippen LogP contribution is 2.44. The van der Waals surface area contributed by atoms with Gasteiger partial charge in [0.1, 0.15) is 30.0 Å². The summed E-state index contributed by atoms with van der Waals surface area (Å²) >= 11 is 3.19. The van der Waals surface area contributed by atoms with Crippen molar-refractivity contribution in [2.75, 3.05) is 23.7 Å². The largest absolute Gasteiger partial charge is 0.352 e. The van der Waals surface area contributed by atoms with Crippen molar-refractivity contribution >= 4 is 73.6 Å². The summed E-state index contributed by atoms with van der Waals surface area (Å²) in [4.78, 5) is 47.2. The van der Waals surface area contributed by atoms with Gasteiger partial charge in [-0.05, 0) is 132 Å². The van der Waals surface area contributed by atoms with E-state index in [2.05, 4.69) is 55.7 Å². The molecule has 6 aliphatic carbocycles. The van der Waals surface area contributed by atoms with Crippen LogP contribution in [0.4, 0.5) is 23.4 Å². The van der Waals surface area contributed by atoms with Crippen molar-refractivity contribution in [3.63, 3.8) is 0 Å². The molecule has 0 saturated heterocycles. The van der Waals surface area contributed by atoms with Gasteiger partial charge in [-0.25, -0.2) is 13.1 Å². The lowest BCUT2D eigenvalue weighted by Crippen LogP contribution is -2.28. The molecule has 4 N–H and O–H groups in total. The van der Waals surface area contributed by atoms with Crippen LogP contribution in [0, 0.1) is 30.6 Å². The number of fused-ring (bicyclic) bond motifs is 2. The van der Waals surface area contributed by atoms with E-state index < -0.39 is 10.0 Å². The summed E-state index contributed by atoms with van der Waals surface area (Å²) in [6.45, 7) is 3.13. The lowest BCUT2D eigenvalue weighted by Gasteiger charge is -2.25. The molecule has 70 heavy (non-hydrogen) atoms. The number of Topliss-reactive ketones (excluding diaryl/α,β-unsaturated/α-hetero) is 2. The normalized spacial score (nSPS) is 19.7. The van der Waals surface area contributed by atoms with E-state index in [-0.39, 0.29) is 47.8 Å². The molecule has 0 unspecified atom stereocenters. The molecule has 4 fully saturated rings. The number of carbonyl (C=O) groups is 3. The number of pyridine rings is 1. The minimum absolute atomic E-state index is 0.00305. The Bertz CT molecular complexity index is 3030.